The monoisotopic (exact) mass is 284 g/mol. The van der Waals surface area contributed by atoms with E-state index in [2.05, 4.69) is 17.9 Å². The zero-order chi connectivity index (χ0) is 14.4. The molecule has 0 spiro atoms. The van der Waals surface area contributed by atoms with E-state index in [4.69, 9.17) is 0 Å². The molecular formula is C13H17FN2O2S. The van der Waals surface area contributed by atoms with Crippen molar-refractivity contribution in [3.05, 3.63) is 29.6 Å². The maximum atomic E-state index is 13.5. The molecule has 0 saturated carbocycles. The number of hydrogen-bond donors (Lipinski definition) is 2. The van der Waals surface area contributed by atoms with Crippen LogP contribution in [-0.2, 0) is 4.79 Å². The summed E-state index contributed by atoms with van der Waals surface area (Å²) >= 11 is 4.06. The second-order valence-electron chi connectivity index (χ2n) is 4.18. The zero-order valence-electron chi connectivity index (χ0n) is 10.9. The Hall–Kier alpha value is -1.56. The molecule has 0 aromatic heterocycles. The molecule has 0 radical (unpaired) electrons. The fourth-order valence-electron chi connectivity index (χ4n) is 1.49. The first-order valence-electron chi connectivity index (χ1n) is 5.96. The molecule has 0 unspecified atom stereocenters. The number of likely N-dealkylation sites (N-methyl/N-ethyl adjacent to an activating group) is 1. The Morgan fingerprint density at radius 3 is 2.74 bits per heavy atom. The molecule has 0 heterocycles. The van der Waals surface area contributed by atoms with Crippen LogP contribution in [0.4, 0.5) is 4.39 Å². The third-order valence-corrected chi connectivity index (χ3v) is 2.76. The predicted octanol–water partition coefficient (Wildman–Crippen LogP) is 1.71. The van der Waals surface area contributed by atoms with E-state index in [-0.39, 0.29) is 18.0 Å². The van der Waals surface area contributed by atoms with Crippen molar-refractivity contribution in [2.24, 2.45) is 0 Å². The Balaban J connectivity index is 2.71. The second-order valence-corrected chi connectivity index (χ2v) is 4.69. The Morgan fingerprint density at radius 2 is 2.11 bits per heavy atom. The van der Waals surface area contributed by atoms with Crippen molar-refractivity contribution in [3.63, 3.8) is 0 Å². The molecule has 0 bridgehead atoms. The minimum atomic E-state index is -0.622. The summed E-state index contributed by atoms with van der Waals surface area (Å²) in [4.78, 5) is 25.2. The minimum absolute atomic E-state index is 0.0849. The van der Waals surface area contributed by atoms with Gasteiger partial charge in [0, 0.05) is 18.5 Å². The van der Waals surface area contributed by atoms with Crippen molar-refractivity contribution in [2.45, 2.75) is 18.2 Å². The molecule has 1 aromatic carbocycles. The van der Waals surface area contributed by atoms with Gasteiger partial charge in [0.1, 0.15) is 5.82 Å². The number of carbonyl (C=O) groups excluding carboxylic acids is 2. The number of rotatable bonds is 5. The molecule has 0 aliphatic rings. The van der Waals surface area contributed by atoms with Crippen molar-refractivity contribution in [1.82, 2.24) is 10.2 Å². The number of benzene rings is 1. The first-order valence-corrected chi connectivity index (χ1v) is 6.41. The predicted molar refractivity (Wildman–Crippen MR) is 73.9 cm³/mol. The number of nitrogens with zero attached hydrogens (tertiary/aromatic N) is 1. The van der Waals surface area contributed by atoms with Crippen molar-refractivity contribution in [2.75, 3.05) is 20.1 Å². The van der Waals surface area contributed by atoms with Crippen LogP contribution in [0.1, 0.15) is 23.7 Å². The lowest BCUT2D eigenvalue weighted by Gasteiger charge is -2.17. The molecule has 0 atom stereocenters. The molecule has 1 N–H and O–H groups in total. The molecule has 104 valence electrons. The van der Waals surface area contributed by atoms with Gasteiger partial charge in [0.05, 0.1) is 12.1 Å². The first kappa shape index (κ1) is 15.5. The molecular weight excluding hydrogens is 267 g/mol. The maximum absolute atomic E-state index is 13.5. The number of hydrogen-bond acceptors (Lipinski definition) is 3. The Labute approximate surface area is 117 Å². The van der Waals surface area contributed by atoms with Crippen LogP contribution in [0.2, 0.25) is 0 Å². The summed E-state index contributed by atoms with van der Waals surface area (Å²) in [6, 6.07) is 3.99. The molecule has 2 amide bonds. The molecule has 19 heavy (non-hydrogen) atoms. The van der Waals surface area contributed by atoms with E-state index in [0.29, 0.717) is 11.4 Å². The maximum Gasteiger partial charge on any atom is 0.257 e. The lowest BCUT2D eigenvalue weighted by molar-refractivity contribution is -0.121. The van der Waals surface area contributed by atoms with Crippen LogP contribution >= 0.6 is 12.6 Å². The van der Waals surface area contributed by atoms with Crippen LogP contribution in [0.3, 0.4) is 0 Å². The van der Waals surface area contributed by atoms with E-state index in [1.807, 2.05) is 6.92 Å². The van der Waals surface area contributed by atoms with Gasteiger partial charge >= 0.3 is 0 Å². The standard InChI is InChI=1S/C13H17FN2O2S/c1-3-6-15-12(17)8-16(2)13(18)10-7-9(19)4-5-11(10)14/h4-5,7,19H,3,6,8H2,1-2H3,(H,15,17). The SMILES string of the molecule is CCCNC(=O)CN(C)C(=O)c1cc(S)ccc1F. The zero-order valence-corrected chi connectivity index (χ0v) is 11.8. The smallest absolute Gasteiger partial charge is 0.257 e. The highest BCUT2D eigenvalue weighted by Gasteiger charge is 2.18. The summed E-state index contributed by atoms with van der Waals surface area (Å²) in [6.07, 6.45) is 0.819. The fraction of sp³-hybridized carbons (Fsp3) is 0.385. The van der Waals surface area contributed by atoms with Gasteiger partial charge < -0.3 is 10.2 Å². The van der Waals surface area contributed by atoms with E-state index in [1.165, 1.54) is 30.1 Å². The summed E-state index contributed by atoms with van der Waals surface area (Å²) in [6.45, 7) is 2.39. The van der Waals surface area contributed by atoms with E-state index < -0.39 is 11.7 Å². The Morgan fingerprint density at radius 1 is 1.42 bits per heavy atom. The topological polar surface area (TPSA) is 49.4 Å². The minimum Gasteiger partial charge on any atom is -0.355 e. The summed E-state index contributed by atoms with van der Waals surface area (Å²) in [7, 11) is 1.46. The van der Waals surface area contributed by atoms with Crippen LogP contribution in [0, 0.1) is 5.82 Å². The number of carbonyl (C=O) groups is 2. The van der Waals surface area contributed by atoms with Gasteiger partial charge in [0.2, 0.25) is 5.91 Å². The van der Waals surface area contributed by atoms with E-state index in [9.17, 15) is 14.0 Å². The average molecular weight is 284 g/mol. The van der Waals surface area contributed by atoms with Gasteiger partial charge in [-0.1, -0.05) is 6.92 Å². The highest BCUT2D eigenvalue weighted by Crippen LogP contribution is 2.15. The highest BCUT2D eigenvalue weighted by atomic mass is 32.1. The number of thiol groups is 1. The van der Waals surface area contributed by atoms with Crippen LogP contribution in [0.25, 0.3) is 0 Å². The van der Waals surface area contributed by atoms with Crippen LogP contribution in [0.15, 0.2) is 23.1 Å². The van der Waals surface area contributed by atoms with Gasteiger partial charge in [0.25, 0.3) is 5.91 Å². The number of halogens is 1. The lowest BCUT2D eigenvalue weighted by Crippen LogP contribution is -2.38. The van der Waals surface area contributed by atoms with Crippen LogP contribution in [-0.4, -0.2) is 36.9 Å². The molecule has 0 aliphatic carbocycles. The Bertz CT molecular complexity index is 480. The van der Waals surface area contributed by atoms with E-state index >= 15 is 0 Å². The molecule has 0 aliphatic heterocycles. The lowest BCUT2D eigenvalue weighted by atomic mass is 10.2. The molecule has 0 fully saturated rings. The van der Waals surface area contributed by atoms with Crippen LogP contribution < -0.4 is 5.32 Å². The van der Waals surface area contributed by atoms with Gasteiger partial charge in [-0.15, -0.1) is 12.6 Å². The summed E-state index contributed by atoms with van der Waals surface area (Å²) < 4.78 is 13.5. The van der Waals surface area contributed by atoms with Crippen molar-refractivity contribution < 1.29 is 14.0 Å². The first-order chi connectivity index (χ1) is 8.95. The highest BCUT2D eigenvalue weighted by molar-refractivity contribution is 7.80. The normalized spacial score (nSPS) is 10.1. The van der Waals surface area contributed by atoms with Gasteiger partial charge in [-0.05, 0) is 24.6 Å². The summed E-state index contributed by atoms with van der Waals surface area (Å²) in [5.41, 5.74) is -0.0849. The average Bonchev–Trinajstić information content (AvgIpc) is 2.38. The van der Waals surface area contributed by atoms with Gasteiger partial charge in [0.15, 0.2) is 0 Å². The largest absolute Gasteiger partial charge is 0.355 e. The van der Waals surface area contributed by atoms with Gasteiger partial charge in [-0.2, -0.15) is 0 Å². The molecule has 0 saturated heterocycles. The molecule has 6 heteroatoms. The molecule has 1 rings (SSSR count). The van der Waals surface area contributed by atoms with Crippen LogP contribution in [0.5, 0.6) is 0 Å². The molecule has 4 nitrogen and oxygen atoms in total. The van der Waals surface area contributed by atoms with E-state index in [0.717, 1.165) is 6.42 Å². The second kappa shape index (κ2) is 7.13. The van der Waals surface area contributed by atoms with Gasteiger partial charge in [-0.3, -0.25) is 9.59 Å². The van der Waals surface area contributed by atoms with Crippen molar-refractivity contribution >= 4 is 24.4 Å². The number of amides is 2. The third kappa shape index (κ3) is 4.55. The number of nitrogens with one attached hydrogen (secondary N) is 1. The van der Waals surface area contributed by atoms with E-state index in [1.54, 1.807) is 0 Å². The van der Waals surface area contributed by atoms with Gasteiger partial charge in [-0.25, -0.2) is 4.39 Å². The quantitative estimate of drug-likeness (QED) is 0.809. The van der Waals surface area contributed by atoms with Crippen molar-refractivity contribution in [1.29, 1.82) is 0 Å². The summed E-state index contributed by atoms with van der Waals surface area (Å²) in [5, 5.41) is 2.65. The Kier molecular flexibility index (Phi) is 5.82. The summed E-state index contributed by atoms with van der Waals surface area (Å²) in [5.74, 6) is -1.43. The molecule has 1 aromatic rings. The fourth-order valence-corrected chi connectivity index (χ4v) is 1.69. The van der Waals surface area contributed by atoms with Crippen molar-refractivity contribution in [3.8, 4) is 0 Å². The third-order valence-electron chi connectivity index (χ3n) is 2.48.